The Balaban J connectivity index is 4.06. The molecule has 5 heteroatoms. The van der Waals surface area contributed by atoms with Crippen molar-refractivity contribution in [1.29, 1.82) is 0 Å². The third-order valence-electron chi connectivity index (χ3n) is 0.644. The van der Waals surface area contributed by atoms with Gasteiger partial charge in [0.25, 0.3) is 0 Å². The molecule has 0 aromatic heterocycles. The third kappa shape index (κ3) is 3.19. The molecule has 0 fully saturated rings. The van der Waals surface area contributed by atoms with E-state index in [0.29, 0.717) is 0 Å². The molecule has 0 saturated heterocycles. The summed E-state index contributed by atoms with van der Waals surface area (Å²) in [6.07, 6.45) is 0.881. The Morgan fingerprint density at radius 1 is 1.67 bits per heavy atom. The van der Waals surface area contributed by atoms with Crippen molar-refractivity contribution in [2.45, 2.75) is 6.42 Å². The van der Waals surface area contributed by atoms with Crippen LogP contribution >= 0.6 is 7.60 Å². The number of carbonyl (C=O) groups is 1. The molecule has 0 amide bonds. The molecule has 9 heavy (non-hydrogen) atoms. The third-order valence-corrected chi connectivity index (χ3v) is 1.48. The summed E-state index contributed by atoms with van der Waals surface area (Å²) in [7, 11) is -4.48. The molecule has 4 nitrogen and oxygen atoms in total. The van der Waals surface area contributed by atoms with Gasteiger partial charge in [-0.3, -0.25) is 9.36 Å². The molecule has 0 aromatic carbocycles. The van der Waals surface area contributed by atoms with Crippen LogP contribution in [0, 0.1) is 0 Å². The van der Waals surface area contributed by atoms with Crippen LogP contribution in [0.3, 0.4) is 0 Å². The number of allylic oxidation sites excluding steroid dienone is 1. The van der Waals surface area contributed by atoms with Crippen molar-refractivity contribution >= 4 is 13.1 Å². The Labute approximate surface area is 52.4 Å². The van der Waals surface area contributed by atoms with E-state index in [1.807, 2.05) is 0 Å². The number of hydrogen-bond acceptors (Lipinski definition) is 2. The molecule has 0 aromatic rings. The van der Waals surface area contributed by atoms with Crippen molar-refractivity contribution in [2.24, 2.45) is 0 Å². The first-order chi connectivity index (χ1) is 3.98. The smallest absolute Gasteiger partial charge is 0.319 e. The molecule has 0 aliphatic carbocycles. The van der Waals surface area contributed by atoms with Gasteiger partial charge in [-0.25, -0.2) is 0 Å². The van der Waals surface area contributed by atoms with Gasteiger partial charge in [0, 0.05) is 6.42 Å². The fraction of sp³-hybridized carbons (Fsp3) is 0.250. The summed E-state index contributed by atoms with van der Waals surface area (Å²) in [6.45, 7) is 3.15. The summed E-state index contributed by atoms with van der Waals surface area (Å²) < 4.78 is 10.0. The molecule has 0 radical (unpaired) electrons. The topological polar surface area (TPSA) is 74.6 Å². The van der Waals surface area contributed by atoms with E-state index < -0.39 is 13.1 Å². The lowest BCUT2D eigenvalue weighted by atomic mass is 10.5. The van der Waals surface area contributed by atoms with E-state index in [1.54, 1.807) is 0 Å². The van der Waals surface area contributed by atoms with Crippen LogP contribution in [0.4, 0.5) is 0 Å². The monoisotopic (exact) mass is 150 g/mol. The van der Waals surface area contributed by atoms with Gasteiger partial charge < -0.3 is 9.79 Å². The standard InChI is InChI=1S/C4H7O4P/c1-2-3-4(5)9(6,7)8/h2H,1,3H2,(H2,6,7,8). The lowest BCUT2D eigenvalue weighted by Gasteiger charge is -1.96. The van der Waals surface area contributed by atoms with Gasteiger partial charge in [0.1, 0.15) is 0 Å². The maximum atomic E-state index is 10.2. The minimum Gasteiger partial charge on any atom is -0.319 e. The highest BCUT2D eigenvalue weighted by Crippen LogP contribution is 2.36. The number of hydrogen-bond donors (Lipinski definition) is 2. The first-order valence-corrected chi connectivity index (χ1v) is 3.79. The average molecular weight is 150 g/mol. The van der Waals surface area contributed by atoms with Crippen LogP contribution in [0.1, 0.15) is 6.42 Å². The second kappa shape index (κ2) is 2.92. The molecule has 0 bridgehead atoms. The van der Waals surface area contributed by atoms with Crippen molar-refractivity contribution in [3.05, 3.63) is 12.7 Å². The highest BCUT2D eigenvalue weighted by Gasteiger charge is 2.22. The van der Waals surface area contributed by atoms with Crippen LogP contribution in [0.2, 0.25) is 0 Å². The van der Waals surface area contributed by atoms with Crippen molar-refractivity contribution in [1.82, 2.24) is 0 Å². The second-order valence-corrected chi connectivity index (χ2v) is 3.02. The van der Waals surface area contributed by atoms with E-state index >= 15 is 0 Å². The van der Waals surface area contributed by atoms with Crippen LogP contribution in [0.15, 0.2) is 12.7 Å². The van der Waals surface area contributed by atoms with Crippen LogP contribution < -0.4 is 0 Å². The minimum absolute atomic E-state index is 0.274. The summed E-state index contributed by atoms with van der Waals surface area (Å²) >= 11 is 0. The molecular weight excluding hydrogens is 143 g/mol. The number of rotatable bonds is 3. The van der Waals surface area contributed by atoms with Gasteiger partial charge in [0.2, 0.25) is 5.52 Å². The Kier molecular flexibility index (Phi) is 2.77. The zero-order valence-corrected chi connectivity index (χ0v) is 5.54. The Morgan fingerprint density at radius 3 is 2.22 bits per heavy atom. The Hall–Kier alpha value is -0.440. The van der Waals surface area contributed by atoms with Gasteiger partial charge in [0.15, 0.2) is 0 Å². The van der Waals surface area contributed by atoms with E-state index in [0.717, 1.165) is 6.08 Å². The van der Waals surface area contributed by atoms with E-state index in [4.69, 9.17) is 9.79 Å². The van der Waals surface area contributed by atoms with Gasteiger partial charge in [-0.2, -0.15) is 0 Å². The molecule has 0 aliphatic rings. The molecule has 0 saturated carbocycles. The molecule has 0 spiro atoms. The predicted molar refractivity (Wildman–Crippen MR) is 31.9 cm³/mol. The van der Waals surface area contributed by atoms with Crippen molar-refractivity contribution in [3.63, 3.8) is 0 Å². The van der Waals surface area contributed by atoms with E-state index in [2.05, 4.69) is 6.58 Å². The Bertz CT molecular complexity index is 167. The lowest BCUT2D eigenvalue weighted by molar-refractivity contribution is -0.112. The largest absolute Gasteiger partial charge is 0.391 e. The van der Waals surface area contributed by atoms with Gasteiger partial charge >= 0.3 is 7.60 Å². The molecule has 0 rings (SSSR count). The first kappa shape index (κ1) is 8.56. The van der Waals surface area contributed by atoms with Crippen LogP contribution in [-0.2, 0) is 9.36 Å². The van der Waals surface area contributed by atoms with E-state index in [1.165, 1.54) is 0 Å². The van der Waals surface area contributed by atoms with Crippen LogP contribution in [0.5, 0.6) is 0 Å². The second-order valence-electron chi connectivity index (χ2n) is 1.43. The van der Waals surface area contributed by atoms with Gasteiger partial charge in [-0.15, -0.1) is 6.58 Å². The predicted octanol–water partition coefficient (Wildman–Crippen LogP) is 0.267. The quantitative estimate of drug-likeness (QED) is 0.447. The maximum Gasteiger partial charge on any atom is 0.391 e. The molecule has 52 valence electrons. The zero-order chi connectivity index (χ0) is 7.49. The average Bonchev–Trinajstić information content (AvgIpc) is 1.64. The van der Waals surface area contributed by atoms with Crippen molar-refractivity contribution in [2.75, 3.05) is 0 Å². The summed E-state index contributed by atoms with van der Waals surface area (Å²) in [5, 5.41) is 0. The van der Waals surface area contributed by atoms with Crippen molar-refractivity contribution < 1.29 is 19.1 Å². The molecule has 2 N–H and O–H groups in total. The summed E-state index contributed by atoms with van der Waals surface area (Å²) in [4.78, 5) is 26.5. The fourth-order valence-corrected chi connectivity index (χ4v) is 0.609. The lowest BCUT2D eigenvalue weighted by Crippen LogP contribution is -1.95. The minimum atomic E-state index is -4.48. The van der Waals surface area contributed by atoms with Crippen molar-refractivity contribution in [3.8, 4) is 0 Å². The van der Waals surface area contributed by atoms with E-state index in [9.17, 15) is 9.36 Å². The maximum absolute atomic E-state index is 10.2. The summed E-state index contributed by atoms with van der Waals surface area (Å²) in [6, 6.07) is 0. The van der Waals surface area contributed by atoms with Crippen LogP contribution in [0.25, 0.3) is 0 Å². The highest BCUT2D eigenvalue weighted by molar-refractivity contribution is 7.70. The summed E-state index contributed by atoms with van der Waals surface area (Å²) in [5.41, 5.74) is -1.09. The van der Waals surface area contributed by atoms with Gasteiger partial charge in [0.05, 0.1) is 0 Å². The normalized spacial score (nSPS) is 10.9. The van der Waals surface area contributed by atoms with E-state index in [-0.39, 0.29) is 6.42 Å². The van der Waals surface area contributed by atoms with Crippen LogP contribution in [-0.4, -0.2) is 15.3 Å². The fourth-order valence-electron chi connectivity index (χ4n) is 0.242. The number of carbonyl (C=O) groups excluding carboxylic acids is 1. The Morgan fingerprint density at radius 2 is 2.11 bits per heavy atom. The zero-order valence-electron chi connectivity index (χ0n) is 4.65. The first-order valence-electron chi connectivity index (χ1n) is 2.18. The molecular formula is C4H7O4P. The highest BCUT2D eigenvalue weighted by atomic mass is 31.2. The molecule has 0 heterocycles. The SMILES string of the molecule is C=CCC(=O)P(=O)(O)O. The molecule has 0 atom stereocenters. The molecule has 0 aliphatic heterocycles. The summed E-state index contributed by atoms with van der Waals surface area (Å²) in [5.74, 6) is 0. The van der Waals surface area contributed by atoms with Gasteiger partial charge in [-0.1, -0.05) is 6.08 Å². The molecule has 0 unspecified atom stereocenters. The van der Waals surface area contributed by atoms with Gasteiger partial charge in [-0.05, 0) is 0 Å².